The Hall–Kier alpha value is -1.25. The molecule has 0 spiro atoms. The number of sulfonamides is 1. The summed E-state index contributed by atoms with van der Waals surface area (Å²) < 4.78 is 27.1. The van der Waals surface area contributed by atoms with Gasteiger partial charge in [0.15, 0.2) is 0 Å². The standard InChI is InChI=1S/C18H18Cl2N2O3S2/c19-15-7-4-8-16(20)18(15)27(24,25)22-11-9-21(10-12-22)17(23)13-26-14-5-2-1-3-6-14/h1-8H,9-13H2. The van der Waals surface area contributed by atoms with Gasteiger partial charge in [-0.15, -0.1) is 11.8 Å². The Morgan fingerprint density at radius 3 is 2.11 bits per heavy atom. The highest BCUT2D eigenvalue weighted by Crippen LogP contribution is 2.32. The maximum absolute atomic E-state index is 12.9. The highest BCUT2D eigenvalue weighted by Gasteiger charge is 2.32. The Kier molecular flexibility index (Phi) is 6.70. The average molecular weight is 445 g/mol. The highest BCUT2D eigenvalue weighted by molar-refractivity contribution is 8.00. The monoisotopic (exact) mass is 444 g/mol. The molecule has 0 atom stereocenters. The van der Waals surface area contributed by atoms with Crippen LogP contribution in [0.4, 0.5) is 0 Å². The number of thioether (sulfide) groups is 1. The summed E-state index contributed by atoms with van der Waals surface area (Å²) in [5.74, 6) is 0.323. The quantitative estimate of drug-likeness (QED) is 0.660. The zero-order chi connectivity index (χ0) is 19.4. The van der Waals surface area contributed by atoms with Crippen LogP contribution in [-0.4, -0.2) is 55.5 Å². The molecule has 1 heterocycles. The smallest absolute Gasteiger partial charge is 0.246 e. The minimum Gasteiger partial charge on any atom is -0.339 e. The van der Waals surface area contributed by atoms with Crippen LogP contribution in [0.25, 0.3) is 0 Å². The molecule has 0 aliphatic carbocycles. The fraction of sp³-hybridized carbons (Fsp3) is 0.278. The lowest BCUT2D eigenvalue weighted by molar-refractivity contribution is -0.129. The first-order valence-electron chi connectivity index (χ1n) is 8.29. The number of carbonyl (C=O) groups is 1. The van der Waals surface area contributed by atoms with E-state index in [1.165, 1.54) is 28.2 Å². The van der Waals surface area contributed by atoms with E-state index in [4.69, 9.17) is 23.2 Å². The second kappa shape index (κ2) is 8.84. The number of hydrogen-bond donors (Lipinski definition) is 0. The molecule has 0 unspecified atom stereocenters. The van der Waals surface area contributed by atoms with Crippen LogP contribution < -0.4 is 0 Å². The van der Waals surface area contributed by atoms with Crippen LogP contribution in [0.3, 0.4) is 0 Å². The second-order valence-electron chi connectivity index (χ2n) is 5.94. The van der Waals surface area contributed by atoms with Crippen molar-refractivity contribution in [2.24, 2.45) is 0 Å². The molecule has 27 heavy (non-hydrogen) atoms. The third-order valence-electron chi connectivity index (χ3n) is 4.21. The Labute approximate surface area is 173 Å². The number of hydrogen-bond acceptors (Lipinski definition) is 4. The summed E-state index contributed by atoms with van der Waals surface area (Å²) in [4.78, 5) is 15.0. The molecule has 1 fully saturated rings. The second-order valence-corrected chi connectivity index (χ2v) is 9.68. The lowest BCUT2D eigenvalue weighted by Gasteiger charge is -2.34. The lowest BCUT2D eigenvalue weighted by atomic mass is 10.3. The zero-order valence-corrected chi connectivity index (χ0v) is 17.5. The first-order chi connectivity index (χ1) is 12.9. The van der Waals surface area contributed by atoms with E-state index in [1.807, 2.05) is 30.3 Å². The first-order valence-corrected chi connectivity index (χ1v) is 11.5. The van der Waals surface area contributed by atoms with Crippen molar-refractivity contribution in [1.82, 2.24) is 9.21 Å². The molecule has 144 valence electrons. The maximum Gasteiger partial charge on any atom is 0.246 e. The van der Waals surface area contributed by atoms with Crippen molar-refractivity contribution in [1.29, 1.82) is 0 Å². The summed E-state index contributed by atoms with van der Waals surface area (Å²) in [6, 6.07) is 14.3. The van der Waals surface area contributed by atoms with Crippen molar-refractivity contribution in [3.05, 3.63) is 58.6 Å². The van der Waals surface area contributed by atoms with E-state index < -0.39 is 10.0 Å². The third kappa shape index (κ3) is 4.78. The molecule has 0 N–H and O–H groups in total. The molecule has 0 radical (unpaired) electrons. The van der Waals surface area contributed by atoms with Gasteiger partial charge in [-0.05, 0) is 24.3 Å². The van der Waals surface area contributed by atoms with Gasteiger partial charge in [0.2, 0.25) is 15.9 Å². The molecule has 0 bridgehead atoms. The van der Waals surface area contributed by atoms with Crippen molar-refractivity contribution < 1.29 is 13.2 Å². The third-order valence-corrected chi connectivity index (χ3v) is 8.07. The Morgan fingerprint density at radius 1 is 0.926 bits per heavy atom. The summed E-state index contributed by atoms with van der Waals surface area (Å²) in [6.07, 6.45) is 0. The lowest BCUT2D eigenvalue weighted by Crippen LogP contribution is -2.51. The van der Waals surface area contributed by atoms with E-state index in [-0.39, 0.29) is 33.9 Å². The topological polar surface area (TPSA) is 57.7 Å². The van der Waals surface area contributed by atoms with Crippen LogP contribution >= 0.6 is 35.0 Å². The number of nitrogens with zero attached hydrogens (tertiary/aromatic N) is 2. The zero-order valence-electron chi connectivity index (χ0n) is 14.3. The molecular formula is C18H18Cl2N2O3S2. The minimum absolute atomic E-state index is 0.00308. The number of benzene rings is 2. The summed E-state index contributed by atoms with van der Waals surface area (Å²) in [7, 11) is -3.80. The number of halogens is 2. The molecule has 1 aliphatic heterocycles. The van der Waals surface area contributed by atoms with Crippen molar-refractivity contribution in [3.8, 4) is 0 Å². The average Bonchev–Trinajstić information content (AvgIpc) is 2.67. The van der Waals surface area contributed by atoms with Gasteiger partial charge in [-0.1, -0.05) is 47.5 Å². The number of piperazine rings is 1. The molecular weight excluding hydrogens is 427 g/mol. The van der Waals surface area contributed by atoms with Crippen LogP contribution in [0, 0.1) is 0 Å². The Bertz CT molecular complexity index is 895. The predicted octanol–water partition coefficient (Wildman–Crippen LogP) is 3.62. The molecule has 1 saturated heterocycles. The van der Waals surface area contributed by atoms with Crippen LogP contribution in [-0.2, 0) is 14.8 Å². The Balaban J connectivity index is 1.60. The van der Waals surface area contributed by atoms with Gasteiger partial charge in [0.1, 0.15) is 4.90 Å². The van der Waals surface area contributed by atoms with Gasteiger partial charge in [-0.2, -0.15) is 4.31 Å². The van der Waals surface area contributed by atoms with Gasteiger partial charge in [-0.3, -0.25) is 4.79 Å². The molecule has 3 rings (SSSR count). The molecule has 0 aromatic heterocycles. The summed E-state index contributed by atoms with van der Waals surface area (Å²) >= 11 is 13.6. The van der Waals surface area contributed by atoms with Crippen LogP contribution in [0.15, 0.2) is 58.3 Å². The molecule has 5 nitrogen and oxygen atoms in total. The van der Waals surface area contributed by atoms with Crippen LogP contribution in [0.1, 0.15) is 0 Å². The van der Waals surface area contributed by atoms with Gasteiger partial charge in [0.25, 0.3) is 0 Å². The largest absolute Gasteiger partial charge is 0.339 e. The van der Waals surface area contributed by atoms with E-state index in [9.17, 15) is 13.2 Å². The number of carbonyl (C=O) groups excluding carboxylic acids is 1. The van der Waals surface area contributed by atoms with Gasteiger partial charge < -0.3 is 4.90 Å². The van der Waals surface area contributed by atoms with Crippen molar-refractivity contribution >= 4 is 50.9 Å². The van der Waals surface area contributed by atoms with E-state index >= 15 is 0 Å². The molecule has 1 aliphatic rings. The molecule has 2 aromatic rings. The highest BCUT2D eigenvalue weighted by atomic mass is 35.5. The maximum atomic E-state index is 12.9. The summed E-state index contributed by atoms with van der Waals surface area (Å²) in [6.45, 7) is 1.11. The van der Waals surface area contributed by atoms with Crippen LogP contribution in [0.5, 0.6) is 0 Å². The summed E-state index contributed by atoms with van der Waals surface area (Å²) in [5, 5.41) is 0.195. The van der Waals surface area contributed by atoms with Crippen molar-refractivity contribution in [3.63, 3.8) is 0 Å². The molecule has 2 aromatic carbocycles. The van der Waals surface area contributed by atoms with Gasteiger partial charge in [0.05, 0.1) is 15.8 Å². The van der Waals surface area contributed by atoms with E-state index in [0.717, 1.165) is 4.90 Å². The molecule has 9 heteroatoms. The van der Waals surface area contributed by atoms with Gasteiger partial charge in [-0.25, -0.2) is 8.42 Å². The normalized spacial score (nSPS) is 15.7. The minimum atomic E-state index is -3.80. The molecule has 1 amide bonds. The number of amides is 1. The van der Waals surface area contributed by atoms with E-state index in [2.05, 4.69) is 0 Å². The summed E-state index contributed by atoms with van der Waals surface area (Å²) in [5.41, 5.74) is 0. The first kappa shape index (κ1) is 20.5. The number of rotatable bonds is 5. The van der Waals surface area contributed by atoms with Gasteiger partial charge in [0, 0.05) is 31.1 Å². The fourth-order valence-corrected chi connectivity index (χ4v) is 6.12. The van der Waals surface area contributed by atoms with Crippen LogP contribution in [0.2, 0.25) is 10.0 Å². The predicted molar refractivity (Wildman–Crippen MR) is 109 cm³/mol. The van der Waals surface area contributed by atoms with E-state index in [1.54, 1.807) is 11.0 Å². The molecule has 0 saturated carbocycles. The van der Waals surface area contributed by atoms with E-state index in [0.29, 0.717) is 18.8 Å². The van der Waals surface area contributed by atoms with Crippen molar-refractivity contribution in [2.45, 2.75) is 9.79 Å². The van der Waals surface area contributed by atoms with Gasteiger partial charge >= 0.3 is 0 Å². The Morgan fingerprint density at radius 2 is 1.52 bits per heavy atom. The fourth-order valence-electron chi connectivity index (χ4n) is 2.79. The SMILES string of the molecule is O=C(CSc1ccccc1)N1CCN(S(=O)(=O)c2c(Cl)cccc2Cl)CC1. The van der Waals surface area contributed by atoms with Crippen molar-refractivity contribution in [2.75, 3.05) is 31.9 Å².